The minimum atomic E-state index is -0.245. The van der Waals surface area contributed by atoms with E-state index in [4.69, 9.17) is 4.74 Å². The van der Waals surface area contributed by atoms with Gasteiger partial charge >= 0.3 is 0 Å². The van der Waals surface area contributed by atoms with Crippen LogP contribution in [0.1, 0.15) is 25.8 Å². The number of ether oxygens (including phenoxy) is 1. The zero-order chi connectivity index (χ0) is 20.6. The van der Waals surface area contributed by atoms with Gasteiger partial charge < -0.3 is 4.74 Å². The van der Waals surface area contributed by atoms with Crippen LogP contribution in [0.5, 0.6) is 5.75 Å². The summed E-state index contributed by atoms with van der Waals surface area (Å²) in [5.74, 6) is 0.836. The number of allylic oxidation sites excluding steroid dienone is 6. The number of benzene rings is 1. The molecule has 1 aliphatic rings. The number of hydrogen-bond acceptors (Lipinski definition) is 5. The van der Waals surface area contributed by atoms with Crippen molar-refractivity contribution in [3.63, 3.8) is 0 Å². The number of rotatable bonds is 4. The third-order valence-electron chi connectivity index (χ3n) is 4.11. The first kappa shape index (κ1) is 20.1. The summed E-state index contributed by atoms with van der Waals surface area (Å²) in [6.07, 6.45) is 8.88. The predicted molar refractivity (Wildman–Crippen MR) is 111 cm³/mol. The van der Waals surface area contributed by atoms with Crippen LogP contribution < -0.4 is 4.74 Å². The standard InChI is InChI=1S/C20H16FN5O.C2H6/c1-27-19-13-16(10-11-17(19)14-5-4-6-15(21)9-8-14)26-24-20(23-25-26)18-7-2-3-12-22-18;1-2/h2-3,5-13H,4H2,1H3;1-2H3. The molecule has 1 aromatic carbocycles. The minimum absolute atomic E-state index is 0.245. The van der Waals surface area contributed by atoms with Crippen molar-refractivity contribution < 1.29 is 9.13 Å². The molecule has 0 spiro atoms. The highest BCUT2D eigenvalue weighted by atomic mass is 19.1. The largest absolute Gasteiger partial charge is 0.496 e. The van der Waals surface area contributed by atoms with Gasteiger partial charge in [0.1, 0.15) is 17.3 Å². The van der Waals surface area contributed by atoms with Crippen LogP contribution in [0.2, 0.25) is 0 Å². The second kappa shape index (κ2) is 9.54. The SMILES string of the molecule is CC.COc1cc(-n2nnc(-c3ccccn3)n2)ccc1C1=CCC=C(F)C=C1. The Morgan fingerprint density at radius 2 is 1.93 bits per heavy atom. The quantitative estimate of drug-likeness (QED) is 0.629. The van der Waals surface area contributed by atoms with Crippen molar-refractivity contribution in [3.05, 3.63) is 78.3 Å². The van der Waals surface area contributed by atoms with Gasteiger partial charge in [0.05, 0.1) is 12.8 Å². The maximum absolute atomic E-state index is 13.4. The van der Waals surface area contributed by atoms with Crippen LogP contribution in [0.25, 0.3) is 22.8 Å². The monoisotopic (exact) mass is 391 g/mol. The van der Waals surface area contributed by atoms with Gasteiger partial charge in [-0.15, -0.1) is 15.0 Å². The zero-order valence-corrected chi connectivity index (χ0v) is 16.6. The number of methoxy groups -OCH3 is 1. The molecule has 0 unspecified atom stereocenters. The fourth-order valence-corrected chi connectivity index (χ4v) is 2.77. The fraction of sp³-hybridized carbons (Fsp3) is 0.182. The van der Waals surface area contributed by atoms with Gasteiger partial charge in [-0.3, -0.25) is 4.98 Å². The number of tetrazole rings is 1. The Bertz CT molecular complexity index is 1050. The molecule has 1 aliphatic carbocycles. The molecule has 0 fully saturated rings. The zero-order valence-electron chi connectivity index (χ0n) is 16.6. The minimum Gasteiger partial charge on any atom is -0.496 e. The van der Waals surface area contributed by atoms with Crippen LogP contribution in [0, 0.1) is 0 Å². The van der Waals surface area contributed by atoms with Gasteiger partial charge in [0.2, 0.25) is 5.82 Å². The lowest BCUT2D eigenvalue weighted by atomic mass is 10.0. The molecule has 148 valence electrons. The average molecular weight is 391 g/mol. The van der Waals surface area contributed by atoms with Crippen molar-refractivity contribution in [2.75, 3.05) is 7.11 Å². The van der Waals surface area contributed by atoms with Crippen molar-refractivity contribution in [3.8, 4) is 23.0 Å². The Kier molecular flexibility index (Phi) is 6.63. The molecule has 0 radical (unpaired) electrons. The summed E-state index contributed by atoms with van der Waals surface area (Å²) < 4.78 is 19.0. The third kappa shape index (κ3) is 4.63. The van der Waals surface area contributed by atoms with Crippen LogP contribution in [0.4, 0.5) is 4.39 Å². The molecule has 2 heterocycles. The second-order valence-corrected chi connectivity index (χ2v) is 5.82. The van der Waals surface area contributed by atoms with E-state index in [1.807, 2.05) is 56.3 Å². The summed E-state index contributed by atoms with van der Waals surface area (Å²) in [5.41, 5.74) is 3.11. The normalized spacial score (nSPS) is 13.0. The molecular formula is C22H22FN5O. The Balaban J connectivity index is 0.00000117. The summed E-state index contributed by atoms with van der Waals surface area (Å²) in [6, 6.07) is 11.1. The number of hydrogen-bond donors (Lipinski definition) is 0. The lowest BCUT2D eigenvalue weighted by Crippen LogP contribution is -2.01. The van der Waals surface area contributed by atoms with Crippen molar-refractivity contribution >= 4 is 5.57 Å². The molecule has 29 heavy (non-hydrogen) atoms. The molecule has 0 amide bonds. The Morgan fingerprint density at radius 3 is 2.69 bits per heavy atom. The molecule has 0 atom stereocenters. The molecular weight excluding hydrogens is 369 g/mol. The van der Waals surface area contributed by atoms with Gasteiger partial charge in [0.15, 0.2) is 0 Å². The van der Waals surface area contributed by atoms with Gasteiger partial charge in [0, 0.05) is 17.8 Å². The highest BCUT2D eigenvalue weighted by Gasteiger charge is 2.13. The first-order valence-electron chi connectivity index (χ1n) is 9.39. The first-order chi connectivity index (χ1) is 14.2. The van der Waals surface area contributed by atoms with Crippen LogP contribution in [-0.4, -0.2) is 32.3 Å². The summed E-state index contributed by atoms with van der Waals surface area (Å²) >= 11 is 0. The fourth-order valence-electron chi connectivity index (χ4n) is 2.77. The van der Waals surface area contributed by atoms with Gasteiger partial charge in [0.25, 0.3) is 0 Å². The number of halogens is 1. The lowest BCUT2D eigenvalue weighted by Gasteiger charge is -2.11. The maximum atomic E-state index is 13.4. The molecule has 0 bridgehead atoms. The molecule has 0 saturated heterocycles. The van der Waals surface area contributed by atoms with E-state index in [1.165, 1.54) is 16.9 Å². The van der Waals surface area contributed by atoms with Crippen LogP contribution in [-0.2, 0) is 0 Å². The van der Waals surface area contributed by atoms with E-state index in [2.05, 4.69) is 20.4 Å². The van der Waals surface area contributed by atoms with Crippen LogP contribution in [0.15, 0.2) is 72.7 Å². The Labute approximate surface area is 169 Å². The Hall–Kier alpha value is -3.61. The topological polar surface area (TPSA) is 65.7 Å². The number of pyridine rings is 1. The van der Waals surface area contributed by atoms with Crippen LogP contribution in [0.3, 0.4) is 0 Å². The molecule has 2 aromatic heterocycles. The van der Waals surface area contributed by atoms with E-state index in [0.29, 0.717) is 29.4 Å². The van der Waals surface area contributed by atoms with E-state index < -0.39 is 0 Å². The van der Waals surface area contributed by atoms with Crippen molar-refractivity contribution in [1.82, 2.24) is 25.2 Å². The van der Waals surface area contributed by atoms with E-state index in [-0.39, 0.29) is 5.83 Å². The summed E-state index contributed by atoms with van der Waals surface area (Å²) in [4.78, 5) is 5.65. The highest BCUT2D eigenvalue weighted by molar-refractivity contribution is 5.79. The van der Waals surface area contributed by atoms with Crippen LogP contribution >= 0.6 is 0 Å². The van der Waals surface area contributed by atoms with Gasteiger partial charge in [-0.25, -0.2) is 4.39 Å². The first-order valence-corrected chi connectivity index (χ1v) is 9.39. The van der Waals surface area contributed by atoms with Gasteiger partial charge in [-0.05, 0) is 53.6 Å². The number of aromatic nitrogens is 5. The van der Waals surface area contributed by atoms with Crippen molar-refractivity contribution in [2.45, 2.75) is 20.3 Å². The smallest absolute Gasteiger partial charge is 0.223 e. The third-order valence-corrected chi connectivity index (χ3v) is 4.11. The van der Waals surface area contributed by atoms with E-state index >= 15 is 0 Å². The molecule has 7 heteroatoms. The molecule has 0 aliphatic heterocycles. The average Bonchev–Trinajstić information content (AvgIpc) is 3.18. The van der Waals surface area contributed by atoms with Crippen molar-refractivity contribution in [2.24, 2.45) is 0 Å². The molecule has 4 rings (SSSR count). The molecule has 6 nitrogen and oxygen atoms in total. The van der Waals surface area contributed by atoms with Crippen molar-refractivity contribution in [1.29, 1.82) is 0 Å². The Morgan fingerprint density at radius 1 is 1.07 bits per heavy atom. The van der Waals surface area contributed by atoms with E-state index in [1.54, 1.807) is 19.4 Å². The lowest BCUT2D eigenvalue weighted by molar-refractivity contribution is 0.413. The summed E-state index contributed by atoms with van der Waals surface area (Å²) in [5, 5.41) is 12.5. The number of nitrogens with zero attached hydrogens (tertiary/aromatic N) is 5. The summed E-state index contributed by atoms with van der Waals surface area (Å²) in [6.45, 7) is 4.00. The maximum Gasteiger partial charge on any atom is 0.223 e. The predicted octanol–water partition coefficient (Wildman–Crippen LogP) is 4.96. The van der Waals surface area contributed by atoms with E-state index in [0.717, 1.165) is 11.1 Å². The summed E-state index contributed by atoms with van der Waals surface area (Å²) in [7, 11) is 1.59. The highest BCUT2D eigenvalue weighted by Crippen LogP contribution is 2.31. The molecule has 0 saturated carbocycles. The van der Waals surface area contributed by atoms with Gasteiger partial charge in [-0.1, -0.05) is 32.1 Å². The van der Waals surface area contributed by atoms with E-state index in [9.17, 15) is 4.39 Å². The molecule has 3 aromatic rings. The molecule has 0 N–H and O–H groups in total. The second-order valence-electron chi connectivity index (χ2n) is 5.82. The van der Waals surface area contributed by atoms with Gasteiger partial charge in [-0.2, -0.15) is 0 Å².